The van der Waals surface area contributed by atoms with Crippen molar-refractivity contribution in [3.05, 3.63) is 75.8 Å². The normalized spacial score (nSPS) is 16.0. The molecule has 148 valence electrons. The van der Waals surface area contributed by atoms with Gasteiger partial charge < -0.3 is 4.57 Å². The Hall–Kier alpha value is -2.50. The van der Waals surface area contributed by atoms with Crippen molar-refractivity contribution in [2.75, 3.05) is 0 Å². The maximum absolute atomic E-state index is 12.9. The molecule has 4 rings (SSSR count). The van der Waals surface area contributed by atoms with Gasteiger partial charge in [0.15, 0.2) is 0 Å². The molecule has 0 atom stereocenters. The van der Waals surface area contributed by atoms with Crippen molar-refractivity contribution in [1.29, 1.82) is 0 Å². The van der Waals surface area contributed by atoms with Gasteiger partial charge in [0.2, 0.25) is 0 Å². The second-order valence-electron chi connectivity index (χ2n) is 7.54. The van der Waals surface area contributed by atoms with Gasteiger partial charge in [-0.3, -0.25) is 14.5 Å². The van der Waals surface area contributed by atoms with Crippen molar-refractivity contribution < 1.29 is 9.59 Å². The number of thioether (sulfide) groups is 1. The van der Waals surface area contributed by atoms with Crippen LogP contribution in [-0.2, 0) is 17.9 Å². The van der Waals surface area contributed by atoms with E-state index in [1.54, 1.807) is 12.1 Å². The van der Waals surface area contributed by atoms with Gasteiger partial charge in [0.05, 0.1) is 11.4 Å². The topological polar surface area (TPSA) is 42.3 Å². The van der Waals surface area contributed by atoms with E-state index in [1.807, 2.05) is 30.3 Å². The van der Waals surface area contributed by atoms with Crippen molar-refractivity contribution in [1.82, 2.24) is 9.47 Å². The number of imide groups is 1. The predicted molar refractivity (Wildman–Crippen MR) is 120 cm³/mol. The molecule has 0 aliphatic carbocycles. The summed E-state index contributed by atoms with van der Waals surface area (Å²) in [6.45, 7) is 5.49. The lowest BCUT2D eigenvalue weighted by Gasteiger charge is -2.12. The molecule has 1 fully saturated rings. The first kappa shape index (κ1) is 19.8. The molecule has 6 heteroatoms. The molecule has 2 heterocycles. The zero-order valence-corrected chi connectivity index (χ0v) is 17.8. The van der Waals surface area contributed by atoms with Crippen molar-refractivity contribution in [3.63, 3.8) is 0 Å². The second kappa shape index (κ2) is 8.09. The highest BCUT2D eigenvalue weighted by molar-refractivity contribution is 8.18. The Kier molecular flexibility index (Phi) is 5.52. The Morgan fingerprint density at radius 1 is 1.07 bits per heavy atom. The fourth-order valence-corrected chi connectivity index (χ4v) is 4.44. The third-order valence-electron chi connectivity index (χ3n) is 4.80. The summed E-state index contributed by atoms with van der Waals surface area (Å²) in [7, 11) is 0. The van der Waals surface area contributed by atoms with E-state index < -0.39 is 0 Å². The Balaban J connectivity index is 1.64. The van der Waals surface area contributed by atoms with Crippen LogP contribution in [-0.4, -0.2) is 20.6 Å². The molecule has 0 N–H and O–H groups in total. The summed E-state index contributed by atoms with van der Waals surface area (Å²) in [5.41, 5.74) is 2.96. The molecular weight excluding hydrogens is 404 g/mol. The molecule has 3 aromatic rings. The minimum atomic E-state index is -0.254. The highest BCUT2D eigenvalue weighted by Crippen LogP contribution is 2.35. The van der Waals surface area contributed by atoms with Crippen LogP contribution in [0.4, 0.5) is 4.79 Å². The second-order valence-corrected chi connectivity index (χ2v) is 8.97. The molecular formula is C23H21ClN2O2S. The molecule has 0 bridgehead atoms. The van der Waals surface area contributed by atoms with E-state index in [-0.39, 0.29) is 17.7 Å². The van der Waals surface area contributed by atoms with Gasteiger partial charge in [-0.15, -0.1) is 0 Å². The lowest BCUT2D eigenvalue weighted by Crippen LogP contribution is -2.27. The number of rotatable bonds is 5. The highest BCUT2D eigenvalue weighted by Gasteiger charge is 2.35. The predicted octanol–water partition coefficient (Wildman–Crippen LogP) is 6.19. The average Bonchev–Trinajstić information content (AvgIpc) is 3.16. The zero-order chi connectivity index (χ0) is 20.5. The molecule has 1 aliphatic heterocycles. The lowest BCUT2D eigenvalue weighted by atomic mass is 10.1. The minimum absolute atomic E-state index is 0.244. The molecule has 0 saturated carbocycles. The molecule has 0 spiro atoms. The third kappa shape index (κ3) is 4.11. The van der Waals surface area contributed by atoms with Gasteiger partial charge in [-0.2, -0.15) is 0 Å². The van der Waals surface area contributed by atoms with Gasteiger partial charge in [-0.05, 0) is 47.5 Å². The van der Waals surface area contributed by atoms with Crippen LogP contribution in [0.3, 0.4) is 0 Å². The average molecular weight is 425 g/mol. The number of fused-ring (bicyclic) bond motifs is 1. The summed E-state index contributed by atoms with van der Waals surface area (Å²) in [4.78, 5) is 27.1. The number of carbonyl (C=O) groups excluding carboxylic acids is 2. The first-order valence-electron chi connectivity index (χ1n) is 9.50. The van der Waals surface area contributed by atoms with E-state index in [0.29, 0.717) is 15.8 Å². The Morgan fingerprint density at radius 3 is 2.52 bits per heavy atom. The number of aromatic nitrogens is 1. The highest BCUT2D eigenvalue weighted by atomic mass is 35.5. The van der Waals surface area contributed by atoms with Gasteiger partial charge in [0.1, 0.15) is 0 Å². The van der Waals surface area contributed by atoms with E-state index in [9.17, 15) is 9.59 Å². The Labute approximate surface area is 179 Å². The van der Waals surface area contributed by atoms with E-state index >= 15 is 0 Å². The van der Waals surface area contributed by atoms with Gasteiger partial charge in [0, 0.05) is 34.2 Å². The maximum Gasteiger partial charge on any atom is 0.293 e. The molecule has 2 aromatic carbocycles. The Bertz CT molecular complexity index is 1120. The molecule has 29 heavy (non-hydrogen) atoms. The summed E-state index contributed by atoms with van der Waals surface area (Å²) in [6, 6.07) is 15.3. The number of nitrogens with zero attached hydrogens (tertiary/aromatic N) is 2. The number of benzene rings is 2. The number of halogens is 1. The van der Waals surface area contributed by atoms with E-state index in [1.165, 1.54) is 4.90 Å². The van der Waals surface area contributed by atoms with Crippen LogP contribution in [0.25, 0.3) is 17.0 Å². The fraction of sp³-hybridized carbons (Fsp3) is 0.217. The van der Waals surface area contributed by atoms with Crippen LogP contribution in [0, 0.1) is 5.92 Å². The molecule has 1 aliphatic rings. The summed E-state index contributed by atoms with van der Waals surface area (Å²) in [5.74, 6) is 0.251. The smallest absolute Gasteiger partial charge is 0.293 e. The van der Waals surface area contributed by atoms with Gasteiger partial charge in [0.25, 0.3) is 11.1 Å². The van der Waals surface area contributed by atoms with Crippen molar-refractivity contribution in [3.8, 4) is 0 Å². The van der Waals surface area contributed by atoms with E-state index in [4.69, 9.17) is 11.6 Å². The minimum Gasteiger partial charge on any atom is -0.347 e. The molecule has 4 nitrogen and oxygen atoms in total. The van der Waals surface area contributed by atoms with Crippen molar-refractivity contribution in [2.24, 2.45) is 5.92 Å². The summed E-state index contributed by atoms with van der Waals surface area (Å²) in [6.07, 6.45) is 3.91. The SMILES string of the molecule is CC(C)Cn1cc(/C=C2\SC(=O)N(Cc3ccc(Cl)cc3)C2=O)c2ccccc21. The molecule has 2 amide bonds. The molecule has 0 unspecified atom stereocenters. The fourth-order valence-electron chi connectivity index (χ4n) is 3.48. The summed E-state index contributed by atoms with van der Waals surface area (Å²) in [5, 5.41) is 1.46. The largest absolute Gasteiger partial charge is 0.347 e. The molecule has 1 saturated heterocycles. The summed E-state index contributed by atoms with van der Waals surface area (Å²) < 4.78 is 2.21. The lowest BCUT2D eigenvalue weighted by molar-refractivity contribution is -0.123. The number of carbonyl (C=O) groups is 2. The Morgan fingerprint density at radius 2 is 1.79 bits per heavy atom. The van der Waals surface area contributed by atoms with Crippen LogP contribution in [0.2, 0.25) is 5.02 Å². The van der Waals surface area contributed by atoms with Crippen LogP contribution >= 0.6 is 23.4 Å². The van der Waals surface area contributed by atoms with Crippen LogP contribution in [0.15, 0.2) is 59.6 Å². The first-order valence-corrected chi connectivity index (χ1v) is 10.7. The maximum atomic E-state index is 12.9. The molecule has 1 aromatic heterocycles. The van der Waals surface area contributed by atoms with Gasteiger partial charge in [-0.1, -0.05) is 55.8 Å². The van der Waals surface area contributed by atoms with Crippen LogP contribution < -0.4 is 0 Å². The number of para-hydroxylation sites is 1. The summed E-state index contributed by atoms with van der Waals surface area (Å²) >= 11 is 6.91. The third-order valence-corrected chi connectivity index (χ3v) is 5.95. The zero-order valence-electron chi connectivity index (χ0n) is 16.3. The van der Waals surface area contributed by atoms with E-state index in [2.05, 4.69) is 36.7 Å². The quantitative estimate of drug-likeness (QED) is 0.459. The van der Waals surface area contributed by atoms with Crippen LogP contribution in [0.1, 0.15) is 25.0 Å². The standard InChI is InChI=1S/C23H21ClN2O2S/c1-15(2)12-25-14-17(19-5-3-4-6-20(19)25)11-21-22(27)26(23(28)29-21)13-16-7-9-18(24)10-8-16/h3-11,14-15H,12-13H2,1-2H3/b21-11-. The van der Waals surface area contributed by atoms with Crippen LogP contribution in [0.5, 0.6) is 0 Å². The van der Waals surface area contributed by atoms with Gasteiger partial charge in [-0.25, -0.2) is 0 Å². The first-order chi connectivity index (χ1) is 13.9. The van der Waals surface area contributed by atoms with Crippen molar-refractivity contribution >= 4 is 51.5 Å². The number of hydrogen-bond donors (Lipinski definition) is 0. The monoisotopic (exact) mass is 424 g/mol. The molecule has 0 radical (unpaired) electrons. The van der Waals surface area contributed by atoms with Gasteiger partial charge >= 0.3 is 0 Å². The van der Waals surface area contributed by atoms with Crippen molar-refractivity contribution in [2.45, 2.75) is 26.9 Å². The number of amides is 2. The number of hydrogen-bond acceptors (Lipinski definition) is 3. The van der Waals surface area contributed by atoms with E-state index in [0.717, 1.165) is 40.3 Å².